The molecule has 1 saturated heterocycles. The first-order chi connectivity index (χ1) is 9.52. The summed E-state index contributed by atoms with van der Waals surface area (Å²) in [6, 6.07) is 5.66. The summed E-state index contributed by atoms with van der Waals surface area (Å²) in [7, 11) is 0. The van der Waals surface area contributed by atoms with E-state index in [0.717, 1.165) is 44.5 Å². The molecule has 5 heteroatoms. The summed E-state index contributed by atoms with van der Waals surface area (Å²) >= 11 is 12.0. The van der Waals surface area contributed by atoms with Crippen LogP contribution in [0.5, 0.6) is 0 Å². The van der Waals surface area contributed by atoms with Gasteiger partial charge in [0, 0.05) is 29.6 Å². The van der Waals surface area contributed by atoms with Crippen LogP contribution in [-0.2, 0) is 11.2 Å². The van der Waals surface area contributed by atoms with Crippen molar-refractivity contribution in [3.05, 3.63) is 33.8 Å². The van der Waals surface area contributed by atoms with E-state index >= 15 is 0 Å². The third-order valence-electron chi connectivity index (χ3n) is 3.73. The van der Waals surface area contributed by atoms with Crippen molar-refractivity contribution < 1.29 is 4.79 Å². The van der Waals surface area contributed by atoms with Crippen molar-refractivity contribution in [1.82, 2.24) is 4.90 Å². The van der Waals surface area contributed by atoms with Gasteiger partial charge in [-0.25, -0.2) is 0 Å². The minimum atomic E-state index is -0.196. The SMILES string of the molecule is NC(=O)CC1CCCN(CCc2cc(Cl)cc(Cl)c2)C1. The first-order valence-electron chi connectivity index (χ1n) is 6.98. The number of hydrogen-bond donors (Lipinski definition) is 1. The van der Waals surface area contributed by atoms with Crippen LogP contribution in [0.1, 0.15) is 24.8 Å². The van der Waals surface area contributed by atoms with E-state index < -0.39 is 0 Å². The molecule has 1 aliphatic heterocycles. The second-order valence-corrected chi connectivity index (χ2v) is 6.38. The molecule has 1 aliphatic rings. The van der Waals surface area contributed by atoms with Gasteiger partial charge < -0.3 is 10.6 Å². The van der Waals surface area contributed by atoms with E-state index in [1.807, 2.05) is 12.1 Å². The van der Waals surface area contributed by atoms with Crippen molar-refractivity contribution in [3.8, 4) is 0 Å². The number of primary amides is 1. The Morgan fingerprint density at radius 3 is 2.65 bits per heavy atom. The van der Waals surface area contributed by atoms with E-state index in [2.05, 4.69) is 4.90 Å². The number of likely N-dealkylation sites (tertiary alicyclic amines) is 1. The molecule has 0 radical (unpaired) electrons. The zero-order valence-electron chi connectivity index (χ0n) is 11.4. The van der Waals surface area contributed by atoms with Gasteiger partial charge in [-0.15, -0.1) is 0 Å². The molecule has 0 aliphatic carbocycles. The van der Waals surface area contributed by atoms with Crippen molar-refractivity contribution in [3.63, 3.8) is 0 Å². The van der Waals surface area contributed by atoms with E-state index in [1.54, 1.807) is 6.07 Å². The Balaban J connectivity index is 1.85. The van der Waals surface area contributed by atoms with Crippen LogP contribution in [0.15, 0.2) is 18.2 Å². The molecule has 20 heavy (non-hydrogen) atoms. The third kappa shape index (κ3) is 4.97. The van der Waals surface area contributed by atoms with Gasteiger partial charge in [0.05, 0.1) is 0 Å². The molecule has 1 atom stereocenters. The van der Waals surface area contributed by atoms with Crippen LogP contribution in [0, 0.1) is 5.92 Å². The van der Waals surface area contributed by atoms with Crippen LogP contribution >= 0.6 is 23.2 Å². The molecule has 1 aromatic carbocycles. The number of hydrogen-bond acceptors (Lipinski definition) is 2. The van der Waals surface area contributed by atoms with E-state index in [1.165, 1.54) is 0 Å². The summed E-state index contributed by atoms with van der Waals surface area (Å²) in [5, 5.41) is 1.36. The Bertz CT molecular complexity index is 459. The third-order valence-corrected chi connectivity index (χ3v) is 4.17. The van der Waals surface area contributed by atoms with Crippen LogP contribution in [0.25, 0.3) is 0 Å². The van der Waals surface area contributed by atoms with Gasteiger partial charge in [0.15, 0.2) is 0 Å². The molecule has 1 aromatic rings. The molecule has 0 saturated carbocycles. The predicted molar refractivity (Wildman–Crippen MR) is 83.1 cm³/mol. The van der Waals surface area contributed by atoms with Crippen LogP contribution in [-0.4, -0.2) is 30.4 Å². The average Bonchev–Trinajstić information content (AvgIpc) is 2.35. The molecular formula is C15H20Cl2N2O. The number of halogens is 2. The van der Waals surface area contributed by atoms with Gasteiger partial charge in [0.2, 0.25) is 5.91 Å². The van der Waals surface area contributed by atoms with E-state index in [-0.39, 0.29) is 5.91 Å². The number of carbonyl (C=O) groups excluding carboxylic acids is 1. The number of amides is 1. The molecule has 2 N–H and O–H groups in total. The van der Waals surface area contributed by atoms with Gasteiger partial charge in [0.1, 0.15) is 0 Å². The molecule has 2 rings (SSSR count). The molecule has 110 valence electrons. The summed E-state index contributed by atoms with van der Waals surface area (Å²) in [6.07, 6.45) is 3.65. The number of carbonyl (C=O) groups is 1. The number of benzene rings is 1. The standard InChI is InChI=1S/C15H20Cl2N2O/c16-13-6-11(7-14(17)9-13)3-5-19-4-1-2-12(10-19)8-15(18)20/h6-7,9,12H,1-5,8,10H2,(H2,18,20). The molecule has 0 spiro atoms. The van der Waals surface area contributed by atoms with Gasteiger partial charge in [-0.1, -0.05) is 23.2 Å². The van der Waals surface area contributed by atoms with Crippen molar-refractivity contribution in [2.75, 3.05) is 19.6 Å². The van der Waals surface area contributed by atoms with E-state index in [9.17, 15) is 4.79 Å². The zero-order chi connectivity index (χ0) is 14.5. The van der Waals surface area contributed by atoms with E-state index in [4.69, 9.17) is 28.9 Å². The average molecular weight is 315 g/mol. The highest BCUT2D eigenvalue weighted by Crippen LogP contribution is 2.22. The highest BCUT2D eigenvalue weighted by Gasteiger charge is 2.21. The Morgan fingerprint density at radius 1 is 1.30 bits per heavy atom. The van der Waals surface area contributed by atoms with Gasteiger partial charge in [-0.2, -0.15) is 0 Å². The Morgan fingerprint density at radius 2 is 2.00 bits per heavy atom. The number of nitrogens with zero attached hydrogens (tertiary/aromatic N) is 1. The summed E-state index contributed by atoms with van der Waals surface area (Å²) in [4.78, 5) is 13.4. The highest BCUT2D eigenvalue weighted by atomic mass is 35.5. The summed E-state index contributed by atoms with van der Waals surface area (Å²) < 4.78 is 0. The summed E-state index contributed by atoms with van der Waals surface area (Å²) in [5.41, 5.74) is 6.43. The summed E-state index contributed by atoms with van der Waals surface area (Å²) in [5.74, 6) is 0.211. The Labute approximate surface area is 130 Å². The van der Waals surface area contributed by atoms with Crippen molar-refractivity contribution in [2.24, 2.45) is 11.7 Å². The second kappa shape index (κ2) is 7.30. The molecule has 3 nitrogen and oxygen atoms in total. The first-order valence-corrected chi connectivity index (χ1v) is 7.74. The molecule has 1 unspecified atom stereocenters. The minimum absolute atomic E-state index is 0.196. The fourth-order valence-electron chi connectivity index (χ4n) is 2.85. The zero-order valence-corrected chi connectivity index (χ0v) is 13.0. The maximum Gasteiger partial charge on any atom is 0.217 e. The highest BCUT2D eigenvalue weighted by molar-refractivity contribution is 6.34. The Hall–Kier alpha value is -0.770. The first kappa shape index (κ1) is 15.6. The van der Waals surface area contributed by atoms with Gasteiger partial charge >= 0.3 is 0 Å². The fourth-order valence-corrected chi connectivity index (χ4v) is 3.42. The predicted octanol–water partition coefficient (Wildman–Crippen LogP) is 3.12. The van der Waals surface area contributed by atoms with Gasteiger partial charge in [-0.3, -0.25) is 4.79 Å². The lowest BCUT2D eigenvalue weighted by Crippen LogP contribution is -2.38. The quantitative estimate of drug-likeness (QED) is 0.907. The molecular weight excluding hydrogens is 295 g/mol. The van der Waals surface area contributed by atoms with Crippen LogP contribution in [0.4, 0.5) is 0 Å². The lowest BCUT2D eigenvalue weighted by Gasteiger charge is -2.32. The number of rotatable bonds is 5. The smallest absolute Gasteiger partial charge is 0.217 e. The fraction of sp³-hybridized carbons (Fsp3) is 0.533. The largest absolute Gasteiger partial charge is 0.370 e. The molecule has 1 amide bonds. The molecule has 1 heterocycles. The minimum Gasteiger partial charge on any atom is -0.370 e. The van der Waals surface area contributed by atoms with Crippen LogP contribution in [0.2, 0.25) is 10.0 Å². The number of nitrogens with two attached hydrogens (primary N) is 1. The lowest BCUT2D eigenvalue weighted by atomic mass is 9.94. The normalized spacial score (nSPS) is 20.0. The number of piperidine rings is 1. The Kier molecular flexibility index (Phi) is 5.70. The maximum atomic E-state index is 11.0. The maximum absolute atomic E-state index is 11.0. The molecule has 1 fully saturated rings. The van der Waals surface area contributed by atoms with Gasteiger partial charge in [-0.05, 0) is 55.5 Å². The van der Waals surface area contributed by atoms with Crippen LogP contribution < -0.4 is 5.73 Å². The lowest BCUT2D eigenvalue weighted by molar-refractivity contribution is -0.119. The monoisotopic (exact) mass is 314 g/mol. The van der Waals surface area contributed by atoms with Crippen molar-refractivity contribution in [1.29, 1.82) is 0 Å². The second-order valence-electron chi connectivity index (χ2n) is 5.51. The van der Waals surface area contributed by atoms with E-state index in [0.29, 0.717) is 22.4 Å². The van der Waals surface area contributed by atoms with Crippen molar-refractivity contribution in [2.45, 2.75) is 25.7 Å². The topological polar surface area (TPSA) is 46.3 Å². The van der Waals surface area contributed by atoms with Gasteiger partial charge in [0.25, 0.3) is 0 Å². The molecule has 0 aromatic heterocycles. The van der Waals surface area contributed by atoms with Crippen LogP contribution in [0.3, 0.4) is 0 Å². The molecule has 0 bridgehead atoms. The van der Waals surface area contributed by atoms with Crippen molar-refractivity contribution >= 4 is 29.1 Å². The summed E-state index contributed by atoms with van der Waals surface area (Å²) in [6.45, 7) is 3.01.